The summed E-state index contributed by atoms with van der Waals surface area (Å²) in [4.78, 5) is 23.0. The van der Waals surface area contributed by atoms with Crippen LogP contribution in [0.4, 0.5) is 5.69 Å². The number of benzene rings is 1. The molecule has 0 unspecified atom stereocenters. The Kier molecular flexibility index (Phi) is 2.96. The van der Waals surface area contributed by atoms with E-state index in [1.807, 2.05) is 24.3 Å². The van der Waals surface area contributed by atoms with E-state index in [0.29, 0.717) is 5.56 Å². The van der Waals surface area contributed by atoms with Gasteiger partial charge in [-0.1, -0.05) is 12.1 Å². The van der Waals surface area contributed by atoms with Gasteiger partial charge in [0.05, 0.1) is 12.2 Å². The number of amidine groups is 1. The first-order valence-corrected chi connectivity index (χ1v) is 7.17. The number of carbonyl (C=O) groups is 1. The summed E-state index contributed by atoms with van der Waals surface area (Å²) >= 11 is 0. The highest BCUT2D eigenvalue weighted by Crippen LogP contribution is 2.29. The number of hydrogen-bond acceptors (Lipinski definition) is 5. The second kappa shape index (κ2) is 5.11. The first-order chi connectivity index (χ1) is 10.8. The van der Waals surface area contributed by atoms with Crippen molar-refractivity contribution in [3.05, 3.63) is 71.8 Å². The van der Waals surface area contributed by atoms with Crippen LogP contribution in [-0.4, -0.2) is 34.6 Å². The second-order valence-corrected chi connectivity index (χ2v) is 5.16. The van der Waals surface area contributed by atoms with Crippen molar-refractivity contribution in [3.8, 4) is 0 Å². The van der Waals surface area contributed by atoms with Gasteiger partial charge in [-0.05, 0) is 24.3 Å². The van der Waals surface area contributed by atoms with Gasteiger partial charge in [0, 0.05) is 36.1 Å². The molecule has 1 aromatic heterocycles. The third-order valence-corrected chi connectivity index (χ3v) is 3.80. The van der Waals surface area contributed by atoms with E-state index in [1.165, 1.54) is 0 Å². The monoisotopic (exact) mass is 290 g/mol. The lowest BCUT2D eigenvalue weighted by molar-refractivity contribution is 0.104. The summed E-state index contributed by atoms with van der Waals surface area (Å²) in [6.45, 7) is 1.53. The lowest BCUT2D eigenvalue weighted by Crippen LogP contribution is -2.36. The maximum Gasteiger partial charge on any atom is 0.189 e. The van der Waals surface area contributed by atoms with E-state index in [0.717, 1.165) is 36.0 Å². The number of ketones is 1. The minimum Gasteiger partial charge on any atom is -0.341 e. The zero-order valence-electron chi connectivity index (χ0n) is 11.9. The second-order valence-electron chi connectivity index (χ2n) is 5.16. The number of fused-ring (bicyclic) bond motifs is 3. The summed E-state index contributed by atoms with van der Waals surface area (Å²) in [6.07, 6.45) is 4.88. The largest absolute Gasteiger partial charge is 0.341 e. The van der Waals surface area contributed by atoms with Crippen LogP contribution in [0.2, 0.25) is 0 Å². The molecule has 1 aromatic carbocycles. The van der Waals surface area contributed by atoms with Crippen LogP contribution in [0.1, 0.15) is 15.9 Å². The minimum absolute atomic E-state index is 0.0458. The van der Waals surface area contributed by atoms with E-state index in [9.17, 15) is 4.79 Å². The van der Waals surface area contributed by atoms with Gasteiger partial charge < -0.3 is 10.2 Å². The zero-order chi connectivity index (χ0) is 14.9. The molecule has 2 aromatic rings. The number of aromatic nitrogens is 1. The molecule has 0 fully saturated rings. The highest BCUT2D eigenvalue weighted by Gasteiger charge is 2.29. The number of aliphatic imine (C=N–C) groups is 1. The Labute approximate surface area is 128 Å². The molecule has 0 spiro atoms. The quantitative estimate of drug-likeness (QED) is 0.681. The molecule has 0 saturated carbocycles. The van der Waals surface area contributed by atoms with Gasteiger partial charge in [-0.25, -0.2) is 0 Å². The lowest BCUT2D eigenvalue weighted by atomic mass is 10.1. The molecule has 4 rings (SSSR count). The van der Waals surface area contributed by atoms with Gasteiger partial charge in [-0.15, -0.1) is 0 Å². The number of para-hydroxylation sites is 1. The highest BCUT2D eigenvalue weighted by molar-refractivity contribution is 6.10. The number of nitrogens with zero attached hydrogens (tertiary/aromatic N) is 3. The normalized spacial score (nSPS) is 17.5. The van der Waals surface area contributed by atoms with Crippen LogP contribution < -0.4 is 5.32 Å². The molecule has 0 atom stereocenters. The zero-order valence-corrected chi connectivity index (χ0v) is 11.9. The van der Waals surface area contributed by atoms with Crippen LogP contribution >= 0.6 is 0 Å². The molecule has 0 amide bonds. The number of hydrogen-bond donors (Lipinski definition) is 1. The first-order valence-electron chi connectivity index (χ1n) is 7.17. The number of carbonyl (C=O) groups excluding carboxylic acids is 1. The van der Waals surface area contributed by atoms with Gasteiger partial charge in [0.2, 0.25) is 0 Å². The Balaban J connectivity index is 1.73. The van der Waals surface area contributed by atoms with E-state index >= 15 is 0 Å². The van der Waals surface area contributed by atoms with Gasteiger partial charge in [0.1, 0.15) is 11.7 Å². The molecule has 3 heterocycles. The average molecular weight is 290 g/mol. The predicted octanol–water partition coefficient (Wildman–Crippen LogP) is 2.29. The molecule has 0 saturated heterocycles. The van der Waals surface area contributed by atoms with Crippen molar-refractivity contribution in [1.29, 1.82) is 0 Å². The van der Waals surface area contributed by atoms with Crippen LogP contribution in [0.5, 0.6) is 0 Å². The minimum atomic E-state index is -0.0458. The summed E-state index contributed by atoms with van der Waals surface area (Å²) in [7, 11) is 0. The maximum absolute atomic E-state index is 12.4. The fourth-order valence-corrected chi connectivity index (χ4v) is 2.74. The van der Waals surface area contributed by atoms with Crippen LogP contribution in [0, 0.1) is 0 Å². The Bertz CT molecular complexity index is 795. The number of rotatable bonds is 2. The standard InChI is InChI=1S/C17H14N4O/c22-15(12-5-7-18-8-6-12)11-16-20-14-4-2-1-3-13(14)17-19-9-10-21(16)17/h1-8,11,20H,9-10H2/b16-11+. The molecule has 2 aliphatic rings. The van der Waals surface area contributed by atoms with Crippen molar-refractivity contribution in [2.45, 2.75) is 0 Å². The molecule has 2 aliphatic heterocycles. The molecular formula is C17H14N4O. The van der Waals surface area contributed by atoms with Gasteiger partial charge in [0.25, 0.3) is 0 Å². The average Bonchev–Trinajstić information content (AvgIpc) is 3.06. The Morgan fingerprint density at radius 3 is 2.86 bits per heavy atom. The summed E-state index contributed by atoms with van der Waals surface area (Å²) in [5, 5.41) is 3.34. The Morgan fingerprint density at radius 2 is 2.00 bits per heavy atom. The number of allylic oxidation sites excluding steroid dienone is 1. The van der Waals surface area contributed by atoms with Crippen molar-refractivity contribution in [2.24, 2.45) is 4.99 Å². The SMILES string of the molecule is O=C(/C=C1\Nc2ccccc2C2=NCCN21)c1ccncc1. The molecule has 1 N–H and O–H groups in total. The Hall–Kier alpha value is -2.95. The summed E-state index contributed by atoms with van der Waals surface area (Å²) in [6, 6.07) is 11.4. The van der Waals surface area contributed by atoms with E-state index in [-0.39, 0.29) is 5.78 Å². The van der Waals surface area contributed by atoms with Gasteiger partial charge in [0.15, 0.2) is 5.78 Å². The predicted molar refractivity (Wildman–Crippen MR) is 84.8 cm³/mol. The van der Waals surface area contributed by atoms with E-state index < -0.39 is 0 Å². The van der Waals surface area contributed by atoms with Gasteiger partial charge in [-0.2, -0.15) is 0 Å². The summed E-state index contributed by atoms with van der Waals surface area (Å²) < 4.78 is 0. The summed E-state index contributed by atoms with van der Waals surface area (Å²) in [5.41, 5.74) is 2.68. The van der Waals surface area contributed by atoms with Crippen LogP contribution in [0.15, 0.2) is 65.7 Å². The molecule has 0 aliphatic carbocycles. The van der Waals surface area contributed by atoms with Gasteiger partial charge in [-0.3, -0.25) is 14.8 Å². The van der Waals surface area contributed by atoms with Crippen molar-refractivity contribution in [2.75, 3.05) is 18.4 Å². The van der Waals surface area contributed by atoms with Crippen molar-refractivity contribution in [1.82, 2.24) is 9.88 Å². The van der Waals surface area contributed by atoms with E-state index in [4.69, 9.17) is 0 Å². The molecule has 5 nitrogen and oxygen atoms in total. The van der Waals surface area contributed by atoms with Crippen LogP contribution in [0.3, 0.4) is 0 Å². The topological polar surface area (TPSA) is 57.6 Å². The van der Waals surface area contributed by atoms with Crippen LogP contribution in [0.25, 0.3) is 0 Å². The van der Waals surface area contributed by atoms with Crippen molar-refractivity contribution < 1.29 is 4.79 Å². The third-order valence-electron chi connectivity index (χ3n) is 3.80. The molecule has 22 heavy (non-hydrogen) atoms. The van der Waals surface area contributed by atoms with E-state index in [1.54, 1.807) is 30.6 Å². The number of anilines is 1. The molecule has 0 bridgehead atoms. The highest BCUT2D eigenvalue weighted by atomic mass is 16.1. The fourth-order valence-electron chi connectivity index (χ4n) is 2.74. The molecule has 0 radical (unpaired) electrons. The van der Waals surface area contributed by atoms with Crippen molar-refractivity contribution >= 4 is 17.3 Å². The fraction of sp³-hybridized carbons (Fsp3) is 0.118. The summed E-state index contributed by atoms with van der Waals surface area (Å²) in [5.74, 6) is 1.66. The Morgan fingerprint density at radius 1 is 1.18 bits per heavy atom. The molecule has 108 valence electrons. The number of pyridine rings is 1. The first kappa shape index (κ1) is 12.8. The van der Waals surface area contributed by atoms with Gasteiger partial charge >= 0.3 is 0 Å². The van der Waals surface area contributed by atoms with Crippen LogP contribution in [-0.2, 0) is 0 Å². The van der Waals surface area contributed by atoms with E-state index in [2.05, 4.69) is 20.2 Å². The lowest BCUT2D eigenvalue weighted by Gasteiger charge is -2.31. The maximum atomic E-state index is 12.4. The molecule has 5 heteroatoms. The third kappa shape index (κ3) is 2.07. The molecular weight excluding hydrogens is 276 g/mol. The smallest absolute Gasteiger partial charge is 0.189 e. The number of nitrogens with one attached hydrogen (secondary N) is 1. The van der Waals surface area contributed by atoms with Crippen molar-refractivity contribution in [3.63, 3.8) is 0 Å².